The standard InChI is InChI=1S/C42H47BrFN3O11S/c1-39-14-13-25(49)16-23(39)5-9-27-28-17-33-42(32(51)21-48,40(28,2)18-31(50)41(27,39)44)58-38(57-33)30-11-8-26(59-30)15-22-3-6-24(7-4-22)46-37(56)29(10-12-36(54)55)47-35(53)20-45-34(52)19-43/h3-4,6-8,11,13-14,16,27-29,31,33,38,48,50H,5,9-10,12,15,17-21H2,1-2H3,(H,45,52)(H,46,56)(H,47,53)(H,54,55)/t27-,28-,29-,31-,33+,38+,39-,40-,41-,42+/m0/s1. The lowest BCUT2D eigenvalue weighted by atomic mass is 9.44. The normalized spacial score (nSPS) is 33.4. The fourth-order valence-electron chi connectivity index (χ4n) is 10.5. The van der Waals surface area contributed by atoms with E-state index in [1.165, 1.54) is 23.5 Å². The van der Waals surface area contributed by atoms with E-state index in [2.05, 4.69) is 31.9 Å². The van der Waals surface area contributed by atoms with Gasteiger partial charge in [-0.3, -0.25) is 28.8 Å². The number of anilines is 1. The Morgan fingerprint density at radius 2 is 1.81 bits per heavy atom. The summed E-state index contributed by atoms with van der Waals surface area (Å²) in [4.78, 5) is 75.8. The number of nitrogens with one attached hydrogen (secondary N) is 3. The number of ketones is 2. The van der Waals surface area contributed by atoms with E-state index in [4.69, 9.17) is 14.6 Å². The fourth-order valence-corrected chi connectivity index (χ4v) is 11.7. The van der Waals surface area contributed by atoms with Gasteiger partial charge in [0.25, 0.3) is 0 Å². The van der Waals surface area contributed by atoms with Gasteiger partial charge in [-0.2, -0.15) is 0 Å². The van der Waals surface area contributed by atoms with E-state index in [-0.39, 0.29) is 36.9 Å². The zero-order valence-electron chi connectivity index (χ0n) is 32.5. The molecule has 1 aliphatic heterocycles. The van der Waals surface area contributed by atoms with Gasteiger partial charge in [0.2, 0.25) is 17.7 Å². The summed E-state index contributed by atoms with van der Waals surface area (Å²) in [7, 11) is 0. The highest BCUT2D eigenvalue weighted by molar-refractivity contribution is 9.09. The maximum absolute atomic E-state index is 17.7. The zero-order valence-corrected chi connectivity index (χ0v) is 34.9. The van der Waals surface area contributed by atoms with Gasteiger partial charge >= 0.3 is 5.97 Å². The molecule has 5 aliphatic rings. The van der Waals surface area contributed by atoms with E-state index >= 15 is 4.39 Å². The first-order valence-electron chi connectivity index (χ1n) is 19.6. The van der Waals surface area contributed by atoms with Gasteiger partial charge in [-0.15, -0.1) is 11.3 Å². The SMILES string of the molecule is C[C@]12C=CC(=O)C=C1CC[C@H]1[C@@H]3C[C@H]4O[C@@H](c5ccc(Cc6ccc(NC(=O)[C@H](CCC(=O)O)NC(=O)CNC(=O)CBr)cc6)s5)O[C@@]4(C(=O)CO)[C@@]3(C)C[C@H](O)[C@@]12F. The lowest BCUT2D eigenvalue weighted by molar-refractivity contribution is -0.231. The van der Waals surface area contributed by atoms with Crippen LogP contribution in [-0.4, -0.2) is 98.6 Å². The van der Waals surface area contributed by atoms with Crippen LogP contribution in [0.2, 0.25) is 0 Å². The Morgan fingerprint density at radius 3 is 2.51 bits per heavy atom. The summed E-state index contributed by atoms with van der Waals surface area (Å²) in [6.45, 7) is 2.39. The number of Topliss-reactive ketones (excluding diaryl/α,β-unsaturated/α-hetero) is 1. The number of fused-ring (bicyclic) bond motifs is 7. The van der Waals surface area contributed by atoms with E-state index in [1.807, 2.05) is 31.2 Å². The van der Waals surface area contributed by atoms with Crippen LogP contribution in [0.5, 0.6) is 0 Å². The van der Waals surface area contributed by atoms with E-state index in [0.29, 0.717) is 41.8 Å². The minimum Gasteiger partial charge on any atom is -0.481 e. The van der Waals surface area contributed by atoms with Crippen LogP contribution >= 0.6 is 27.3 Å². The Kier molecular flexibility index (Phi) is 11.9. The molecule has 6 N–H and O–H groups in total. The molecule has 1 aromatic heterocycles. The van der Waals surface area contributed by atoms with Crippen LogP contribution in [0.1, 0.15) is 74.0 Å². The molecular weight excluding hydrogens is 853 g/mol. The number of thiophene rings is 1. The summed E-state index contributed by atoms with van der Waals surface area (Å²) >= 11 is 4.40. The van der Waals surface area contributed by atoms with E-state index in [1.54, 1.807) is 25.1 Å². The third kappa shape index (κ3) is 7.41. The van der Waals surface area contributed by atoms with Crippen LogP contribution in [0.3, 0.4) is 0 Å². The number of benzene rings is 1. The van der Waals surface area contributed by atoms with E-state index < -0.39 is 94.6 Å². The molecule has 4 aliphatic carbocycles. The lowest BCUT2D eigenvalue weighted by Crippen LogP contribution is -2.69. The van der Waals surface area contributed by atoms with E-state index in [9.17, 15) is 39.0 Å². The Hall–Kier alpha value is -4.13. The quantitative estimate of drug-likeness (QED) is 0.150. The van der Waals surface area contributed by atoms with Crippen LogP contribution in [0, 0.1) is 22.7 Å². The number of carbonyl (C=O) groups is 6. The minimum atomic E-state index is -2.09. The van der Waals surface area contributed by atoms with Crippen LogP contribution in [0.25, 0.3) is 0 Å². The van der Waals surface area contributed by atoms with Gasteiger partial charge in [0.15, 0.2) is 29.1 Å². The van der Waals surface area contributed by atoms with Crippen molar-refractivity contribution in [3.05, 3.63) is 75.5 Å². The third-order valence-electron chi connectivity index (χ3n) is 13.3. The molecule has 316 valence electrons. The molecule has 2 aromatic rings. The number of carboxylic acid groups (broad SMARTS) is 1. The van der Waals surface area contributed by atoms with Crippen LogP contribution in [0.4, 0.5) is 10.1 Å². The minimum absolute atomic E-state index is 0.00803. The molecule has 7 rings (SSSR count). The van der Waals surface area contributed by atoms with Crippen molar-refractivity contribution in [2.75, 3.05) is 23.8 Å². The number of hydrogen-bond acceptors (Lipinski definition) is 11. The molecule has 1 aromatic carbocycles. The van der Waals surface area contributed by atoms with Gasteiger partial charge in [-0.05, 0) is 86.9 Å². The molecule has 3 amide bonds. The molecule has 0 radical (unpaired) electrons. The number of aliphatic carboxylic acids is 1. The molecule has 59 heavy (non-hydrogen) atoms. The van der Waals surface area contributed by atoms with E-state index in [0.717, 1.165) is 10.4 Å². The van der Waals surface area contributed by atoms with Crippen LogP contribution in [-0.2, 0) is 44.7 Å². The molecule has 1 saturated heterocycles. The molecule has 4 fully saturated rings. The Balaban J connectivity index is 1.02. The highest BCUT2D eigenvalue weighted by Crippen LogP contribution is 2.72. The van der Waals surface area contributed by atoms with Gasteiger partial charge in [0.1, 0.15) is 12.6 Å². The van der Waals surface area contributed by atoms with Crippen molar-refractivity contribution in [3.8, 4) is 0 Å². The van der Waals surface area contributed by atoms with Gasteiger partial charge in [-0.1, -0.05) is 46.6 Å². The first-order valence-corrected chi connectivity index (χ1v) is 21.5. The second-order valence-corrected chi connectivity index (χ2v) is 18.3. The second kappa shape index (κ2) is 16.4. The van der Waals surface area contributed by atoms with Gasteiger partial charge in [-0.25, -0.2) is 4.39 Å². The first-order chi connectivity index (χ1) is 28.0. The summed E-state index contributed by atoms with van der Waals surface area (Å²) < 4.78 is 30.9. The predicted octanol–water partition coefficient (Wildman–Crippen LogP) is 3.83. The maximum Gasteiger partial charge on any atom is 0.303 e. The van der Waals surface area contributed by atoms with Crippen molar-refractivity contribution in [3.63, 3.8) is 0 Å². The second-order valence-electron chi connectivity index (χ2n) is 16.5. The topological polar surface area (TPSA) is 218 Å². The maximum atomic E-state index is 17.7. The zero-order chi connectivity index (χ0) is 42.5. The average Bonchev–Trinajstić information content (AvgIpc) is 3.89. The number of halogens is 2. The first kappa shape index (κ1) is 43.0. The fraction of sp³-hybridized carbons (Fsp3) is 0.524. The third-order valence-corrected chi connectivity index (χ3v) is 14.9. The Labute approximate surface area is 352 Å². The summed E-state index contributed by atoms with van der Waals surface area (Å²) in [5.74, 6) is -4.68. The largest absolute Gasteiger partial charge is 0.481 e. The van der Waals surface area contributed by atoms with Crippen molar-refractivity contribution in [1.29, 1.82) is 0 Å². The number of carbonyl (C=O) groups excluding carboxylic acids is 5. The van der Waals surface area contributed by atoms with Gasteiger partial charge in [0.05, 0.1) is 29.0 Å². The molecule has 2 heterocycles. The number of rotatable bonds is 14. The molecule has 0 bridgehead atoms. The summed E-state index contributed by atoms with van der Waals surface area (Å²) in [6.07, 6.45) is 2.21. The molecule has 3 saturated carbocycles. The van der Waals surface area contributed by atoms with Crippen molar-refractivity contribution >= 4 is 68.2 Å². The lowest BCUT2D eigenvalue weighted by Gasteiger charge is -2.62. The predicted molar refractivity (Wildman–Crippen MR) is 215 cm³/mol. The number of aliphatic hydroxyl groups excluding tert-OH is 2. The van der Waals surface area contributed by atoms with Crippen molar-refractivity contribution in [2.24, 2.45) is 22.7 Å². The highest BCUT2D eigenvalue weighted by Gasteiger charge is 2.79. The van der Waals surface area contributed by atoms with Gasteiger partial charge in [0, 0.05) is 40.2 Å². The monoisotopic (exact) mass is 899 g/mol. The molecule has 0 unspecified atom stereocenters. The van der Waals surface area contributed by atoms with Crippen molar-refractivity contribution in [1.82, 2.24) is 10.6 Å². The smallest absolute Gasteiger partial charge is 0.303 e. The highest BCUT2D eigenvalue weighted by atomic mass is 79.9. The number of allylic oxidation sites excluding steroid dienone is 4. The van der Waals surface area contributed by atoms with Gasteiger partial charge < -0.3 is 40.7 Å². The number of ether oxygens (including phenoxy) is 2. The van der Waals surface area contributed by atoms with Crippen molar-refractivity contribution in [2.45, 2.75) is 94.6 Å². The van der Waals surface area contributed by atoms with Crippen LogP contribution < -0.4 is 16.0 Å². The van der Waals surface area contributed by atoms with Crippen molar-refractivity contribution < 1.29 is 58.0 Å². The van der Waals surface area contributed by atoms with Crippen LogP contribution in [0.15, 0.2) is 60.2 Å². The Morgan fingerprint density at radius 1 is 1.07 bits per heavy atom. The summed E-state index contributed by atoms with van der Waals surface area (Å²) in [6, 6.07) is 9.58. The number of amides is 3. The molecule has 17 heteroatoms. The number of carboxylic acids is 1. The number of hydrogen-bond donors (Lipinski definition) is 6. The molecule has 14 nitrogen and oxygen atoms in total. The Bertz CT molecular complexity index is 2110. The number of alkyl halides is 2. The summed E-state index contributed by atoms with van der Waals surface area (Å²) in [5, 5.41) is 38.8. The molecule has 10 atom stereocenters. The molecular formula is C42H47BrFN3O11S. The molecule has 0 spiro atoms. The summed E-state index contributed by atoms with van der Waals surface area (Å²) in [5.41, 5.74) is -4.01. The number of aliphatic hydroxyl groups is 2. The average molecular weight is 901 g/mol.